The Morgan fingerprint density at radius 2 is 2.06 bits per heavy atom. The molecular weight excluding hydrogens is 232 g/mol. The van der Waals surface area contributed by atoms with Gasteiger partial charge in [0.25, 0.3) is 5.91 Å². The minimum absolute atomic E-state index is 0.181. The van der Waals surface area contributed by atoms with Gasteiger partial charge in [-0.3, -0.25) is 9.59 Å². The number of nitrogen functional groups attached to an aromatic ring is 1. The SMILES string of the molecule is Nc1ccccc1C(=O)N1CCCC(C(=O)O)C1. The molecule has 0 spiro atoms. The van der Waals surface area contributed by atoms with Crippen LogP contribution in [0.2, 0.25) is 0 Å². The van der Waals surface area contributed by atoms with Crippen LogP contribution in [0.1, 0.15) is 23.2 Å². The van der Waals surface area contributed by atoms with E-state index in [1.807, 2.05) is 0 Å². The molecule has 1 amide bonds. The average molecular weight is 248 g/mol. The van der Waals surface area contributed by atoms with Crippen molar-refractivity contribution in [2.75, 3.05) is 18.8 Å². The summed E-state index contributed by atoms with van der Waals surface area (Å²) in [5.74, 6) is -1.49. The van der Waals surface area contributed by atoms with Crippen molar-refractivity contribution in [2.24, 2.45) is 5.92 Å². The van der Waals surface area contributed by atoms with E-state index >= 15 is 0 Å². The van der Waals surface area contributed by atoms with E-state index in [4.69, 9.17) is 10.8 Å². The summed E-state index contributed by atoms with van der Waals surface area (Å²) in [6.07, 6.45) is 1.35. The standard InChI is InChI=1S/C13H16N2O3/c14-11-6-2-1-5-10(11)12(16)15-7-3-4-9(8-15)13(17)18/h1-2,5-6,9H,3-4,7-8,14H2,(H,17,18). The van der Waals surface area contributed by atoms with E-state index in [2.05, 4.69) is 0 Å². The summed E-state index contributed by atoms with van der Waals surface area (Å²) in [7, 11) is 0. The van der Waals surface area contributed by atoms with Crippen molar-refractivity contribution in [3.8, 4) is 0 Å². The number of hydrogen-bond acceptors (Lipinski definition) is 3. The summed E-state index contributed by atoms with van der Waals surface area (Å²) < 4.78 is 0. The predicted octanol–water partition coefficient (Wildman–Crippen LogP) is 1.21. The zero-order valence-electron chi connectivity index (χ0n) is 10.0. The van der Waals surface area contributed by atoms with Crippen LogP contribution in [0.3, 0.4) is 0 Å². The number of anilines is 1. The van der Waals surface area contributed by atoms with Crippen LogP contribution in [0.15, 0.2) is 24.3 Å². The topological polar surface area (TPSA) is 83.6 Å². The third-order valence-corrected chi connectivity index (χ3v) is 3.25. The molecule has 1 aliphatic rings. The average Bonchev–Trinajstić information content (AvgIpc) is 2.38. The van der Waals surface area contributed by atoms with Gasteiger partial charge in [-0.05, 0) is 25.0 Å². The lowest BCUT2D eigenvalue weighted by Gasteiger charge is -2.31. The highest BCUT2D eigenvalue weighted by Gasteiger charge is 2.29. The van der Waals surface area contributed by atoms with Gasteiger partial charge in [-0.1, -0.05) is 12.1 Å². The Balaban J connectivity index is 2.14. The molecule has 1 aromatic rings. The summed E-state index contributed by atoms with van der Waals surface area (Å²) in [4.78, 5) is 24.8. The third-order valence-electron chi connectivity index (χ3n) is 3.25. The summed E-state index contributed by atoms with van der Waals surface area (Å²) >= 11 is 0. The van der Waals surface area contributed by atoms with Gasteiger partial charge in [0, 0.05) is 18.8 Å². The molecule has 3 N–H and O–H groups in total. The predicted molar refractivity (Wildman–Crippen MR) is 67.1 cm³/mol. The van der Waals surface area contributed by atoms with Gasteiger partial charge in [0.15, 0.2) is 0 Å². The maximum Gasteiger partial charge on any atom is 0.308 e. The van der Waals surface area contributed by atoms with Gasteiger partial charge in [-0.2, -0.15) is 0 Å². The van der Waals surface area contributed by atoms with Crippen molar-refractivity contribution in [1.29, 1.82) is 0 Å². The van der Waals surface area contributed by atoms with Crippen molar-refractivity contribution in [1.82, 2.24) is 4.90 Å². The molecule has 0 aromatic heterocycles. The lowest BCUT2D eigenvalue weighted by atomic mass is 9.97. The summed E-state index contributed by atoms with van der Waals surface area (Å²) in [5, 5.41) is 9.00. The minimum atomic E-state index is -0.839. The third kappa shape index (κ3) is 2.45. The first kappa shape index (κ1) is 12.4. The molecule has 0 radical (unpaired) electrons. The molecule has 5 nitrogen and oxygen atoms in total. The number of amides is 1. The van der Waals surface area contributed by atoms with Gasteiger partial charge < -0.3 is 15.7 Å². The van der Waals surface area contributed by atoms with Crippen LogP contribution in [-0.4, -0.2) is 35.0 Å². The number of carboxylic acids is 1. The number of aliphatic carboxylic acids is 1. The fourth-order valence-corrected chi connectivity index (χ4v) is 2.23. The van der Waals surface area contributed by atoms with Crippen LogP contribution in [0.5, 0.6) is 0 Å². The zero-order valence-corrected chi connectivity index (χ0v) is 10.0. The zero-order chi connectivity index (χ0) is 13.1. The number of para-hydroxylation sites is 1. The van der Waals surface area contributed by atoms with Gasteiger partial charge in [0.1, 0.15) is 0 Å². The van der Waals surface area contributed by atoms with Crippen molar-refractivity contribution in [2.45, 2.75) is 12.8 Å². The van der Waals surface area contributed by atoms with Crippen molar-refractivity contribution < 1.29 is 14.7 Å². The number of carboxylic acid groups (broad SMARTS) is 1. The molecule has 1 heterocycles. The largest absolute Gasteiger partial charge is 0.481 e. The molecule has 0 saturated carbocycles. The first-order valence-electron chi connectivity index (χ1n) is 5.96. The van der Waals surface area contributed by atoms with Gasteiger partial charge in [0.2, 0.25) is 0 Å². The van der Waals surface area contributed by atoms with Gasteiger partial charge >= 0.3 is 5.97 Å². The van der Waals surface area contributed by atoms with Gasteiger partial charge in [-0.15, -0.1) is 0 Å². The molecule has 18 heavy (non-hydrogen) atoms. The fourth-order valence-electron chi connectivity index (χ4n) is 2.23. The molecule has 1 fully saturated rings. The number of benzene rings is 1. The Labute approximate surface area is 105 Å². The molecule has 1 aliphatic heterocycles. The van der Waals surface area contributed by atoms with Crippen LogP contribution in [-0.2, 0) is 4.79 Å². The molecule has 0 bridgehead atoms. The van der Waals surface area contributed by atoms with E-state index in [1.54, 1.807) is 29.2 Å². The Hall–Kier alpha value is -2.04. The van der Waals surface area contributed by atoms with Crippen LogP contribution >= 0.6 is 0 Å². The van der Waals surface area contributed by atoms with Crippen molar-refractivity contribution in [3.63, 3.8) is 0 Å². The van der Waals surface area contributed by atoms with Crippen LogP contribution in [0, 0.1) is 5.92 Å². The van der Waals surface area contributed by atoms with E-state index in [9.17, 15) is 9.59 Å². The number of nitrogens with two attached hydrogens (primary N) is 1. The quantitative estimate of drug-likeness (QED) is 0.770. The molecular formula is C13H16N2O3. The maximum absolute atomic E-state index is 12.2. The van der Waals surface area contributed by atoms with E-state index in [1.165, 1.54) is 0 Å². The highest BCUT2D eigenvalue weighted by molar-refractivity contribution is 5.99. The second-order valence-corrected chi connectivity index (χ2v) is 4.52. The molecule has 1 unspecified atom stereocenters. The smallest absolute Gasteiger partial charge is 0.308 e. The van der Waals surface area contributed by atoms with Crippen LogP contribution in [0.4, 0.5) is 5.69 Å². The Kier molecular flexibility index (Phi) is 3.50. The number of rotatable bonds is 2. The van der Waals surface area contributed by atoms with Crippen LogP contribution in [0.25, 0.3) is 0 Å². The fraction of sp³-hybridized carbons (Fsp3) is 0.385. The molecule has 1 aromatic carbocycles. The highest BCUT2D eigenvalue weighted by atomic mass is 16.4. The maximum atomic E-state index is 12.2. The summed E-state index contributed by atoms with van der Waals surface area (Å²) in [6.45, 7) is 0.861. The molecule has 1 atom stereocenters. The first-order chi connectivity index (χ1) is 8.59. The number of likely N-dealkylation sites (tertiary alicyclic amines) is 1. The molecule has 1 saturated heterocycles. The molecule has 2 rings (SSSR count). The molecule has 96 valence electrons. The highest BCUT2D eigenvalue weighted by Crippen LogP contribution is 2.20. The first-order valence-corrected chi connectivity index (χ1v) is 5.96. The Morgan fingerprint density at radius 1 is 1.33 bits per heavy atom. The van der Waals surface area contributed by atoms with Gasteiger partial charge in [0.05, 0.1) is 11.5 Å². The number of hydrogen-bond donors (Lipinski definition) is 2. The van der Waals surface area contributed by atoms with Gasteiger partial charge in [-0.25, -0.2) is 0 Å². The normalized spacial score (nSPS) is 19.6. The lowest BCUT2D eigenvalue weighted by Crippen LogP contribution is -2.42. The van der Waals surface area contributed by atoms with E-state index in [-0.39, 0.29) is 12.5 Å². The number of carbonyl (C=O) groups excluding carboxylic acids is 1. The van der Waals surface area contributed by atoms with E-state index in [0.717, 1.165) is 6.42 Å². The van der Waals surface area contributed by atoms with Crippen molar-refractivity contribution >= 4 is 17.6 Å². The second-order valence-electron chi connectivity index (χ2n) is 4.52. The number of nitrogens with zero attached hydrogens (tertiary/aromatic N) is 1. The lowest BCUT2D eigenvalue weighted by molar-refractivity contribution is -0.143. The molecule has 0 aliphatic carbocycles. The summed E-state index contributed by atoms with van der Waals surface area (Å²) in [5.41, 5.74) is 6.64. The number of carbonyl (C=O) groups is 2. The number of piperidine rings is 1. The Bertz CT molecular complexity index is 473. The van der Waals surface area contributed by atoms with Crippen molar-refractivity contribution in [3.05, 3.63) is 29.8 Å². The Morgan fingerprint density at radius 3 is 2.72 bits per heavy atom. The van der Waals surface area contributed by atoms with E-state index in [0.29, 0.717) is 24.2 Å². The second kappa shape index (κ2) is 5.08. The minimum Gasteiger partial charge on any atom is -0.481 e. The summed E-state index contributed by atoms with van der Waals surface area (Å²) in [6, 6.07) is 6.86. The molecule has 5 heteroatoms. The van der Waals surface area contributed by atoms with Crippen LogP contribution < -0.4 is 5.73 Å². The van der Waals surface area contributed by atoms with E-state index < -0.39 is 11.9 Å². The monoisotopic (exact) mass is 248 g/mol.